The number of thiocarbonyl (C=S) groups is 1. The molecule has 0 radical (unpaired) electrons. The van der Waals surface area contributed by atoms with Crippen molar-refractivity contribution in [3.05, 3.63) is 27.1 Å². The lowest BCUT2D eigenvalue weighted by atomic mass is 10.2. The first-order valence-electron chi connectivity index (χ1n) is 7.73. The van der Waals surface area contributed by atoms with Crippen molar-refractivity contribution < 1.29 is 23.8 Å². The predicted octanol–water partition coefficient (Wildman–Crippen LogP) is 3.62. The molecule has 2 rings (SSSR count). The highest BCUT2D eigenvalue weighted by Crippen LogP contribution is 2.38. The van der Waals surface area contributed by atoms with Gasteiger partial charge in [0, 0.05) is 0 Å². The van der Waals surface area contributed by atoms with Crippen LogP contribution in [0.25, 0.3) is 6.08 Å². The van der Waals surface area contributed by atoms with Gasteiger partial charge in [-0.05, 0) is 46.1 Å². The Kier molecular flexibility index (Phi) is 7.48. The van der Waals surface area contributed by atoms with E-state index in [-0.39, 0.29) is 12.5 Å². The van der Waals surface area contributed by atoms with Gasteiger partial charge in [0.1, 0.15) is 10.9 Å². The molecule has 0 unspecified atom stereocenters. The monoisotopic (exact) mass is 459 g/mol. The van der Waals surface area contributed by atoms with Crippen LogP contribution in [0.1, 0.15) is 18.9 Å². The van der Waals surface area contributed by atoms with Crippen LogP contribution in [0.3, 0.4) is 0 Å². The van der Waals surface area contributed by atoms with Gasteiger partial charge in [-0.15, -0.1) is 0 Å². The van der Waals surface area contributed by atoms with E-state index in [2.05, 4.69) is 15.9 Å². The minimum atomic E-state index is -0.474. The number of carbonyl (C=O) groups is 2. The van der Waals surface area contributed by atoms with E-state index in [1.54, 1.807) is 19.3 Å². The molecule has 1 fully saturated rings. The normalized spacial score (nSPS) is 15.5. The zero-order chi connectivity index (χ0) is 19.3. The van der Waals surface area contributed by atoms with Gasteiger partial charge in [0.05, 0.1) is 30.2 Å². The molecule has 1 aromatic rings. The van der Waals surface area contributed by atoms with Crippen LogP contribution in [0.4, 0.5) is 0 Å². The van der Waals surface area contributed by atoms with Crippen molar-refractivity contribution >= 4 is 62.2 Å². The Bertz CT molecular complexity index is 766. The second-order valence-corrected chi connectivity index (χ2v) is 7.76. The van der Waals surface area contributed by atoms with E-state index in [1.165, 1.54) is 12.0 Å². The first-order valence-corrected chi connectivity index (χ1v) is 9.75. The third-order valence-electron chi connectivity index (χ3n) is 3.38. The molecule has 0 aliphatic carbocycles. The summed E-state index contributed by atoms with van der Waals surface area (Å²) in [7, 11) is 3.08. The number of amides is 1. The van der Waals surface area contributed by atoms with Crippen LogP contribution in [-0.2, 0) is 14.3 Å². The van der Waals surface area contributed by atoms with Crippen molar-refractivity contribution in [2.24, 2.45) is 0 Å². The second-order valence-electron chi connectivity index (χ2n) is 5.23. The highest BCUT2D eigenvalue weighted by Gasteiger charge is 2.33. The third kappa shape index (κ3) is 4.77. The van der Waals surface area contributed by atoms with Gasteiger partial charge in [0.2, 0.25) is 0 Å². The molecule has 0 bridgehead atoms. The maximum atomic E-state index is 12.6. The maximum absolute atomic E-state index is 12.6. The Morgan fingerprint density at radius 3 is 2.69 bits per heavy atom. The topological polar surface area (TPSA) is 65.1 Å². The Labute approximate surface area is 170 Å². The van der Waals surface area contributed by atoms with Crippen LogP contribution < -0.4 is 9.47 Å². The van der Waals surface area contributed by atoms with Gasteiger partial charge in [-0.25, -0.2) is 0 Å². The van der Waals surface area contributed by atoms with Crippen LogP contribution in [0.15, 0.2) is 21.5 Å². The minimum Gasteiger partial charge on any atom is -0.493 e. The average molecular weight is 460 g/mol. The van der Waals surface area contributed by atoms with Crippen LogP contribution in [-0.4, -0.2) is 48.5 Å². The van der Waals surface area contributed by atoms with E-state index in [4.69, 9.17) is 26.4 Å². The molecule has 6 nitrogen and oxygen atoms in total. The van der Waals surface area contributed by atoms with Gasteiger partial charge in [0.15, 0.2) is 11.5 Å². The quantitative estimate of drug-likeness (QED) is 0.350. The molecule has 0 atom stereocenters. The average Bonchev–Trinajstić information content (AvgIpc) is 2.86. The van der Waals surface area contributed by atoms with Crippen molar-refractivity contribution in [3.8, 4) is 11.5 Å². The number of hydrogen-bond acceptors (Lipinski definition) is 7. The summed E-state index contributed by atoms with van der Waals surface area (Å²) in [4.78, 5) is 26.0. The summed E-state index contributed by atoms with van der Waals surface area (Å²) >= 11 is 9.79. The molecule has 0 saturated carbocycles. The standard InChI is InChI=1S/C17H18BrNO5S2/c1-4-5-24-14(20)9-19-16(21)13(26-17(19)25)8-10-6-11(18)15(23-3)12(7-10)22-2/h6-8H,4-5,9H2,1-3H3/b13-8-. The van der Waals surface area contributed by atoms with Crippen molar-refractivity contribution in [2.75, 3.05) is 27.4 Å². The molecule has 0 aromatic heterocycles. The van der Waals surface area contributed by atoms with E-state index >= 15 is 0 Å². The molecule has 1 aliphatic heterocycles. The largest absolute Gasteiger partial charge is 0.493 e. The van der Waals surface area contributed by atoms with Crippen LogP contribution in [0.2, 0.25) is 0 Å². The van der Waals surface area contributed by atoms with Gasteiger partial charge in [-0.3, -0.25) is 14.5 Å². The SMILES string of the molecule is CCCOC(=O)CN1C(=O)/C(=C/c2cc(Br)c(OC)c(OC)c2)SC1=S. The van der Waals surface area contributed by atoms with Gasteiger partial charge < -0.3 is 14.2 Å². The van der Waals surface area contributed by atoms with E-state index in [0.29, 0.717) is 31.8 Å². The zero-order valence-electron chi connectivity index (χ0n) is 14.5. The number of ether oxygens (including phenoxy) is 3. The summed E-state index contributed by atoms with van der Waals surface area (Å²) in [6.45, 7) is 2.04. The number of carbonyl (C=O) groups excluding carboxylic acids is 2. The van der Waals surface area contributed by atoms with E-state index in [1.807, 2.05) is 13.0 Å². The number of methoxy groups -OCH3 is 2. The summed E-state index contributed by atoms with van der Waals surface area (Å²) in [6, 6.07) is 3.56. The molecule has 140 valence electrons. The number of nitrogens with zero attached hydrogens (tertiary/aromatic N) is 1. The van der Waals surface area contributed by atoms with Crippen molar-refractivity contribution in [1.82, 2.24) is 4.90 Å². The molecule has 26 heavy (non-hydrogen) atoms. The second kappa shape index (κ2) is 9.38. The van der Waals surface area contributed by atoms with E-state index in [9.17, 15) is 9.59 Å². The smallest absolute Gasteiger partial charge is 0.326 e. The molecule has 1 aliphatic rings. The third-order valence-corrected chi connectivity index (χ3v) is 5.35. The molecule has 0 spiro atoms. The number of benzene rings is 1. The lowest BCUT2D eigenvalue weighted by Crippen LogP contribution is -2.34. The van der Waals surface area contributed by atoms with E-state index < -0.39 is 5.97 Å². The summed E-state index contributed by atoms with van der Waals surface area (Å²) in [5.74, 6) is 0.306. The lowest BCUT2D eigenvalue weighted by Gasteiger charge is -2.13. The summed E-state index contributed by atoms with van der Waals surface area (Å²) in [6.07, 6.45) is 2.42. The highest BCUT2D eigenvalue weighted by atomic mass is 79.9. The summed E-state index contributed by atoms with van der Waals surface area (Å²) in [5, 5.41) is 0. The fourth-order valence-corrected chi connectivity index (χ4v) is 4.08. The Morgan fingerprint density at radius 1 is 1.35 bits per heavy atom. The van der Waals surface area contributed by atoms with Crippen LogP contribution >= 0.6 is 39.9 Å². The number of thioether (sulfide) groups is 1. The first-order chi connectivity index (χ1) is 12.4. The van der Waals surface area contributed by atoms with E-state index in [0.717, 1.165) is 23.7 Å². The molecular formula is C17H18BrNO5S2. The number of halogens is 1. The zero-order valence-corrected chi connectivity index (χ0v) is 17.8. The van der Waals surface area contributed by atoms with Gasteiger partial charge in [-0.1, -0.05) is 30.9 Å². The van der Waals surface area contributed by atoms with Crippen LogP contribution in [0.5, 0.6) is 11.5 Å². The Balaban J connectivity index is 2.22. The van der Waals surface area contributed by atoms with Gasteiger partial charge >= 0.3 is 5.97 Å². The summed E-state index contributed by atoms with van der Waals surface area (Å²) in [5.41, 5.74) is 0.739. The van der Waals surface area contributed by atoms with Crippen molar-refractivity contribution in [1.29, 1.82) is 0 Å². The molecule has 1 aromatic carbocycles. The molecule has 9 heteroatoms. The lowest BCUT2D eigenvalue weighted by molar-refractivity contribution is -0.146. The fraction of sp³-hybridized carbons (Fsp3) is 0.353. The maximum Gasteiger partial charge on any atom is 0.326 e. The molecular weight excluding hydrogens is 442 g/mol. The highest BCUT2D eigenvalue weighted by molar-refractivity contribution is 9.10. The molecule has 0 N–H and O–H groups in total. The number of hydrogen-bond donors (Lipinski definition) is 0. The molecule has 1 amide bonds. The first kappa shape index (κ1) is 20.7. The number of rotatable bonds is 7. The predicted molar refractivity (Wildman–Crippen MR) is 108 cm³/mol. The summed E-state index contributed by atoms with van der Waals surface area (Å²) < 4.78 is 16.6. The van der Waals surface area contributed by atoms with Gasteiger partial charge in [0.25, 0.3) is 5.91 Å². The molecule has 1 saturated heterocycles. The van der Waals surface area contributed by atoms with Crippen molar-refractivity contribution in [2.45, 2.75) is 13.3 Å². The number of esters is 1. The van der Waals surface area contributed by atoms with Crippen molar-refractivity contribution in [3.63, 3.8) is 0 Å². The minimum absolute atomic E-state index is 0.183. The fourth-order valence-electron chi connectivity index (χ4n) is 2.20. The molecule has 1 heterocycles. The van der Waals surface area contributed by atoms with Crippen LogP contribution in [0, 0.1) is 0 Å². The Morgan fingerprint density at radius 2 is 2.08 bits per heavy atom. The Hall–Kier alpha value is -1.58. The van der Waals surface area contributed by atoms with Gasteiger partial charge in [-0.2, -0.15) is 0 Å².